The molecule has 0 nitrogen and oxygen atoms in total. The third-order valence-electron chi connectivity index (χ3n) is 9.37. The average molecular weight is 699 g/mol. The first-order valence-corrected chi connectivity index (χ1v) is 19.7. The van der Waals surface area contributed by atoms with E-state index in [-0.39, 0.29) is 0 Å². The van der Waals surface area contributed by atoms with Gasteiger partial charge >= 0.3 is 0 Å². The Morgan fingerprint density at radius 2 is 0.712 bits per heavy atom. The summed E-state index contributed by atoms with van der Waals surface area (Å²) in [5.41, 5.74) is 16.9. The van der Waals surface area contributed by atoms with Crippen molar-refractivity contribution in [3.63, 3.8) is 0 Å². The first kappa shape index (κ1) is 46.1. The van der Waals surface area contributed by atoms with Crippen LogP contribution in [0.1, 0.15) is 166 Å². The number of rotatable bonds is 5. The summed E-state index contributed by atoms with van der Waals surface area (Å²) in [6.07, 6.45) is 0. The normalized spacial score (nSPS) is 10.5. The molecule has 5 rings (SSSR count). The van der Waals surface area contributed by atoms with Crippen LogP contribution >= 0.6 is 0 Å². The molecule has 282 valence electrons. The first-order valence-electron chi connectivity index (χ1n) is 19.7. The Bertz CT molecular complexity index is 1710. The molecule has 0 radical (unpaired) electrons. The smallest absolute Gasteiger partial charge is 0.0216 e. The van der Waals surface area contributed by atoms with Crippen molar-refractivity contribution in [1.82, 2.24) is 0 Å². The molecule has 0 atom stereocenters. The largest absolute Gasteiger partial charge is 0.0620 e. The minimum Gasteiger partial charge on any atom is -0.0620 e. The second kappa shape index (κ2) is 23.6. The van der Waals surface area contributed by atoms with Crippen LogP contribution < -0.4 is 0 Å². The predicted octanol–water partition coefficient (Wildman–Crippen LogP) is 16.2. The molecule has 0 saturated carbocycles. The molecule has 0 amide bonds. The number of aryl methyl sites for hydroxylation is 7. The fourth-order valence-corrected chi connectivity index (χ4v) is 6.07. The summed E-state index contributed by atoms with van der Waals surface area (Å²) >= 11 is 0. The van der Waals surface area contributed by atoms with Crippen LogP contribution in [0.2, 0.25) is 0 Å². The summed E-state index contributed by atoms with van der Waals surface area (Å²) in [7, 11) is 0. The van der Waals surface area contributed by atoms with Crippen LogP contribution in [-0.4, -0.2) is 0 Å². The Morgan fingerprint density at radius 1 is 0.269 bits per heavy atom. The highest BCUT2D eigenvalue weighted by molar-refractivity contribution is 5.33. The van der Waals surface area contributed by atoms with Gasteiger partial charge in [-0.3, -0.25) is 0 Å². The SMILES string of the molecule is Cc1ccc(C(C)C)c(C)c1.Cc1ccc(C(C)C)cc1.Cc1ccc(C)c(C(C)C)c1.Cc1cccc(C(C)C)c1.Cc1ccccc1C(C)C. The third-order valence-corrected chi connectivity index (χ3v) is 9.37. The average Bonchev–Trinajstić information content (AvgIpc) is 3.07. The van der Waals surface area contributed by atoms with Gasteiger partial charge in [0.25, 0.3) is 0 Å². The molecular weight excluding hydrogens is 625 g/mol. The maximum Gasteiger partial charge on any atom is -0.0216 e. The zero-order chi connectivity index (χ0) is 39.5. The van der Waals surface area contributed by atoms with E-state index in [1.165, 1.54) is 66.8 Å². The lowest BCUT2D eigenvalue weighted by atomic mass is 9.96. The van der Waals surface area contributed by atoms with E-state index in [2.05, 4.69) is 227 Å². The number of hydrogen-bond acceptors (Lipinski definition) is 0. The van der Waals surface area contributed by atoms with Gasteiger partial charge < -0.3 is 0 Å². The van der Waals surface area contributed by atoms with Gasteiger partial charge in [0.05, 0.1) is 0 Å². The van der Waals surface area contributed by atoms with Gasteiger partial charge in [-0.2, -0.15) is 0 Å². The van der Waals surface area contributed by atoms with Crippen molar-refractivity contribution in [1.29, 1.82) is 0 Å². The zero-order valence-corrected chi connectivity index (χ0v) is 36.3. The van der Waals surface area contributed by atoms with Crippen molar-refractivity contribution in [3.05, 3.63) is 176 Å². The van der Waals surface area contributed by atoms with Crippen LogP contribution in [0.3, 0.4) is 0 Å². The highest BCUT2D eigenvalue weighted by Gasteiger charge is 2.03. The maximum absolute atomic E-state index is 2.28. The third kappa shape index (κ3) is 17.5. The lowest BCUT2D eigenvalue weighted by molar-refractivity contribution is 0.854. The Hall–Kier alpha value is -3.90. The summed E-state index contributed by atoms with van der Waals surface area (Å²) in [4.78, 5) is 0. The van der Waals surface area contributed by atoms with Crippen LogP contribution in [-0.2, 0) is 0 Å². The molecule has 0 spiro atoms. The van der Waals surface area contributed by atoms with Crippen LogP contribution in [0, 0.1) is 48.5 Å². The lowest BCUT2D eigenvalue weighted by Crippen LogP contribution is -1.91. The van der Waals surface area contributed by atoms with Crippen molar-refractivity contribution in [2.45, 2.75) is 147 Å². The second-order valence-corrected chi connectivity index (χ2v) is 16.2. The Balaban J connectivity index is 0.000000325. The van der Waals surface area contributed by atoms with E-state index < -0.39 is 0 Å². The maximum atomic E-state index is 2.28. The van der Waals surface area contributed by atoms with Crippen molar-refractivity contribution in [3.8, 4) is 0 Å². The molecule has 0 bridgehead atoms. The Morgan fingerprint density at radius 3 is 1.13 bits per heavy atom. The van der Waals surface area contributed by atoms with Crippen LogP contribution in [0.25, 0.3) is 0 Å². The fourth-order valence-electron chi connectivity index (χ4n) is 6.07. The van der Waals surface area contributed by atoms with E-state index in [0.717, 1.165) is 0 Å². The van der Waals surface area contributed by atoms with Crippen molar-refractivity contribution >= 4 is 0 Å². The van der Waals surface area contributed by atoms with Gasteiger partial charge in [0.1, 0.15) is 0 Å². The van der Waals surface area contributed by atoms with Gasteiger partial charge in [0.15, 0.2) is 0 Å². The van der Waals surface area contributed by atoms with Gasteiger partial charge in [-0.05, 0) is 123 Å². The molecule has 0 N–H and O–H groups in total. The monoisotopic (exact) mass is 699 g/mol. The highest BCUT2D eigenvalue weighted by atomic mass is 14.1. The molecule has 0 aliphatic heterocycles. The minimum absolute atomic E-state index is 0.648. The molecule has 0 aliphatic rings. The van der Waals surface area contributed by atoms with E-state index >= 15 is 0 Å². The van der Waals surface area contributed by atoms with Crippen molar-refractivity contribution in [2.75, 3.05) is 0 Å². The van der Waals surface area contributed by atoms with Gasteiger partial charge in [0, 0.05) is 0 Å². The summed E-state index contributed by atoms with van der Waals surface area (Å²) in [6, 6.07) is 39.2. The van der Waals surface area contributed by atoms with Gasteiger partial charge in [-0.15, -0.1) is 0 Å². The Kier molecular flexibility index (Phi) is 20.9. The lowest BCUT2D eigenvalue weighted by Gasteiger charge is -2.09. The van der Waals surface area contributed by atoms with Crippen LogP contribution in [0.4, 0.5) is 0 Å². The predicted molar refractivity (Wildman–Crippen MR) is 236 cm³/mol. The quantitative estimate of drug-likeness (QED) is 0.171. The summed E-state index contributed by atoms with van der Waals surface area (Å²) in [6.45, 7) is 37.3. The van der Waals surface area contributed by atoms with Crippen LogP contribution in [0.5, 0.6) is 0 Å². The van der Waals surface area contributed by atoms with E-state index in [4.69, 9.17) is 0 Å². The molecule has 0 aromatic heterocycles. The molecule has 0 saturated heterocycles. The number of hydrogen-bond donors (Lipinski definition) is 0. The molecular formula is C52H74. The van der Waals surface area contributed by atoms with Gasteiger partial charge in [0.2, 0.25) is 0 Å². The molecule has 5 aromatic carbocycles. The summed E-state index contributed by atoms with van der Waals surface area (Å²) in [5.74, 6) is 3.26. The molecule has 52 heavy (non-hydrogen) atoms. The zero-order valence-electron chi connectivity index (χ0n) is 36.3. The topological polar surface area (TPSA) is 0 Å². The van der Waals surface area contributed by atoms with E-state index in [1.807, 2.05) is 0 Å². The first-order chi connectivity index (χ1) is 24.3. The number of benzene rings is 5. The highest BCUT2D eigenvalue weighted by Crippen LogP contribution is 2.21. The molecule has 5 aromatic rings. The van der Waals surface area contributed by atoms with Crippen molar-refractivity contribution < 1.29 is 0 Å². The summed E-state index contributed by atoms with van der Waals surface area (Å²) < 4.78 is 0. The fraction of sp³-hybridized carbons (Fsp3) is 0.423. The second-order valence-electron chi connectivity index (χ2n) is 16.2. The van der Waals surface area contributed by atoms with E-state index in [1.54, 1.807) is 0 Å². The van der Waals surface area contributed by atoms with E-state index in [9.17, 15) is 0 Å². The molecule has 0 heterocycles. The summed E-state index contributed by atoms with van der Waals surface area (Å²) in [5, 5.41) is 0. The molecule has 0 fully saturated rings. The molecule has 0 aliphatic carbocycles. The van der Waals surface area contributed by atoms with Crippen molar-refractivity contribution in [2.24, 2.45) is 0 Å². The Labute approximate surface area is 322 Å². The van der Waals surface area contributed by atoms with Gasteiger partial charge in [-0.25, -0.2) is 0 Å². The minimum atomic E-state index is 0.648. The molecule has 0 heteroatoms. The standard InChI is InChI=1S/2C11H16.3C10H14/c1-8(2)11-6-5-9(3)7-10(11)4;1-8(2)11-7-9(3)5-6-10(11)4;1-8(2)10-6-4-9(3)5-7-10;1-8(2)10-6-4-5-9(3)7-10;1-8(2)10-7-5-4-6-9(10)3/h2*5-8H,1-4H3;3*4-8H,1-3H3. The van der Waals surface area contributed by atoms with Crippen LogP contribution in [0.15, 0.2) is 109 Å². The molecule has 0 unspecified atom stereocenters. The van der Waals surface area contributed by atoms with E-state index in [0.29, 0.717) is 29.6 Å². The van der Waals surface area contributed by atoms with Gasteiger partial charge in [-0.1, -0.05) is 201 Å².